The molecule has 0 unspecified atom stereocenters. The molecule has 11 heteroatoms. The monoisotopic (exact) mass is 436 g/mol. The Morgan fingerprint density at radius 2 is 1.65 bits per heavy atom. The van der Waals surface area contributed by atoms with Gasteiger partial charge in [-0.3, -0.25) is 4.79 Å². The maximum Gasteiger partial charge on any atom is 0.203 e. The molecule has 1 saturated heterocycles. The molecule has 0 aliphatic carbocycles. The van der Waals surface area contributed by atoms with Crippen LogP contribution in [0.4, 0.5) is 0 Å². The number of ether oxygens (including phenoxy) is 3. The van der Waals surface area contributed by atoms with Crippen LogP contribution in [0, 0.1) is 0 Å². The third-order valence-electron chi connectivity index (χ3n) is 5.16. The maximum atomic E-state index is 13.2. The summed E-state index contributed by atoms with van der Waals surface area (Å²) in [5, 5.41) is 69.0. The Morgan fingerprint density at radius 1 is 0.903 bits per heavy atom. The van der Waals surface area contributed by atoms with Crippen LogP contribution in [0.15, 0.2) is 30.3 Å². The predicted molar refractivity (Wildman–Crippen MR) is 99.9 cm³/mol. The Labute approximate surface area is 174 Å². The van der Waals surface area contributed by atoms with E-state index in [0.29, 0.717) is 0 Å². The van der Waals surface area contributed by atoms with Gasteiger partial charge in [0.25, 0.3) is 0 Å². The fourth-order valence-electron chi connectivity index (χ4n) is 3.54. The smallest absolute Gasteiger partial charge is 0.203 e. The minimum Gasteiger partial charge on any atom is -0.508 e. The fourth-order valence-corrected chi connectivity index (χ4v) is 3.54. The van der Waals surface area contributed by atoms with E-state index in [2.05, 4.69) is 0 Å². The van der Waals surface area contributed by atoms with Crippen molar-refractivity contribution < 1.29 is 54.8 Å². The van der Waals surface area contributed by atoms with Gasteiger partial charge < -0.3 is 50.0 Å². The summed E-state index contributed by atoms with van der Waals surface area (Å²) in [6.45, 7) is -0.370. The first-order chi connectivity index (χ1) is 14.7. The molecule has 0 radical (unpaired) electrons. The number of Topliss-reactive ketones (excluding diaryl/α,β-unsaturated/α-hetero) is 1. The van der Waals surface area contributed by atoms with E-state index >= 15 is 0 Å². The Bertz CT molecular complexity index is 1010. The number of carbonyl (C=O) groups excluding carboxylic acids is 1. The lowest BCUT2D eigenvalue weighted by Gasteiger charge is -2.39. The van der Waals surface area contributed by atoms with Crippen molar-refractivity contribution in [3.05, 3.63) is 41.5 Å². The van der Waals surface area contributed by atoms with Crippen LogP contribution in [0.5, 0.6) is 28.7 Å². The summed E-state index contributed by atoms with van der Waals surface area (Å²) in [6.07, 6.45) is -8.95. The summed E-state index contributed by atoms with van der Waals surface area (Å²) in [4.78, 5) is 13.2. The first kappa shape index (κ1) is 21.2. The molecule has 2 heterocycles. The summed E-state index contributed by atoms with van der Waals surface area (Å²) in [5.74, 6) is -2.78. The molecule has 0 bridgehead atoms. The summed E-state index contributed by atoms with van der Waals surface area (Å²) >= 11 is 0. The SMILES string of the molecule is O=C1c2c(O)cc(O)cc2O[C@@H](c2ccc(O)c(O)c2)[C@@H]1O[C@@H]1OC[C@H](O)[C@H](O)[C@H]1O. The number of hydrogen-bond donors (Lipinski definition) is 7. The van der Waals surface area contributed by atoms with Crippen molar-refractivity contribution in [3.8, 4) is 28.7 Å². The molecule has 11 nitrogen and oxygen atoms in total. The van der Waals surface area contributed by atoms with Crippen LogP contribution in [-0.4, -0.2) is 78.8 Å². The number of aromatic hydroxyl groups is 4. The third kappa shape index (κ3) is 3.73. The van der Waals surface area contributed by atoms with Gasteiger partial charge in [0.2, 0.25) is 5.78 Å². The Hall–Kier alpha value is -3.09. The lowest BCUT2D eigenvalue weighted by Crippen LogP contribution is -2.56. The minimum absolute atomic E-state index is 0.152. The number of carbonyl (C=O) groups is 1. The van der Waals surface area contributed by atoms with Gasteiger partial charge in [0.05, 0.1) is 6.61 Å². The highest BCUT2D eigenvalue weighted by Gasteiger charge is 2.46. The van der Waals surface area contributed by atoms with Crippen molar-refractivity contribution in [2.75, 3.05) is 6.61 Å². The number of aliphatic hydroxyl groups excluding tert-OH is 3. The number of fused-ring (bicyclic) bond motifs is 1. The first-order valence-corrected chi connectivity index (χ1v) is 9.27. The van der Waals surface area contributed by atoms with Crippen LogP contribution >= 0.6 is 0 Å². The molecule has 0 spiro atoms. The minimum atomic E-state index is -1.69. The average Bonchev–Trinajstić information content (AvgIpc) is 2.71. The van der Waals surface area contributed by atoms with Crippen molar-refractivity contribution in [1.29, 1.82) is 0 Å². The van der Waals surface area contributed by atoms with Crippen LogP contribution in [0.3, 0.4) is 0 Å². The maximum absolute atomic E-state index is 13.2. The molecule has 4 rings (SSSR count). The van der Waals surface area contributed by atoms with Gasteiger partial charge >= 0.3 is 0 Å². The number of ketones is 1. The van der Waals surface area contributed by atoms with E-state index in [1.807, 2.05) is 0 Å². The number of phenols is 4. The molecular formula is C20H20O11. The molecule has 7 N–H and O–H groups in total. The van der Waals surface area contributed by atoms with E-state index in [4.69, 9.17) is 14.2 Å². The van der Waals surface area contributed by atoms with E-state index in [0.717, 1.165) is 24.3 Å². The molecule has 6 atom stereocenters. The topological polar surface area (TPSA) is 186 Å². The van der Waals surface area contributed by atoms with Crippen LogP contribution in [0.2, 0.25) is 0 Å². The zero-order valence-corrected chi connectivity index (χ0v) is 15.8. The van der Waals surface area contributed by atoms with Gasteiger partial charge in [-0.1, -0.05) is 6.07 Å². The highest BCUT2D eigenvalue weighted by Crippen LogP contribution is 2.44. The number of benzene rings is 2. The predicted octanol–water partition coefficient (Wildman–Crippen LogP) is -0.350. The van der Waals surface area contributed by atoms with E-state index in [9.17, 15) is 40.5 Å². The molecule has 2 aliphatic rings. The fraction of sp³-hybridized carbons (Fsp3) is 0.350. The van der Waals surface area contributed by atoms with Gasteiger partial charge in [-0.2, -0.15) is 0 Å². The second-order valence-corrected chi connectivity index (χ2v) is 7.30. The summed E-state index contributed by atoms with van der Waals surface area (Å²) in [7, 11) is 0. The lowest BCUT2D eigenvalue weighted by molar-refractivity contribution is -0.283. The van der Waals surface area contributed by atoms with Crippen molar-refractivity contribution in [1.82, 2.24) is 0 Å². The number of rotatable bonds is 3. The molecule has 1 fully saturated rings. The molecule has 2 aliphatic heterocycles. The zero-order valence-electron chi connectivity index (χ0n) is 15.8. The summed E-state index contributed by atoms with van der Waals surface area (Å²) in [5.41, 5.74) is -0.0963. The van der Waals surface area contributed by atoms with Gasteiger partial charge in [0, 0.05) is 12.1 Å². The highest BCUT2D eigenvalue weighted by molar-refractivity contribution is 6.05. The standard InChI is InChI=1S/C20H20O11/c21-8-4-11(24)14-13(5-8)30-18(7-1-2-9(22)10(23)3-7)19(16(14)27)31-20-17(28)15(26)12(25)6-29-20/h1-5,12,15,17-26,28H,6H2/t12-,15-,17+,18-,19+,20-/m0/s1. The van der Waals surface area contributed by atoms with Crippen LogP contribution in [0.1, 0.15) is 22.0 Å². The van der Waals surface area contributed by atoms with Crippen LogP contribution < -0.4 is 4.74 Å². The normalized spacial score (nSPS) is 30.5. The van der Waals surface area contributed by atoms with Gasteiger partial charge in [-0.05, 0) is 17.7 Å². The quantitative estimate of drug-likeness (QED) is 0.312. The Morgan fingerprint density at radius 3 is 2.35 bits per heavy atom. The third-order valence-corrected chi connectivity index (χ3v) is 5.16. The highest BCUT2D eigenvalue weighted by atomic mass is 16.7. The van der Waals surface area contributed by atoms with E-state index in [-0.39, 0.29) is 29.2 Å². The van der Waals surface area contributed by atoms with Crippen molar-refractivity contribution >= 4 is 5.78 Å². The van der Waals surface area contributed by atoms with Gasteiger partial charge in [-0.25, -0.2) is 0 Å². The van der Waals surface area contributed by atoms with Crippen LogP contribution in [0.25, 0.3) is 0 Å². The van der Waals surface area contributed by atoms with Crippen molar-refractivity contribution in [2.45, 2.75) is 36.8 Å². The average molecular weight is 436 g/mol. The molecule has 0 saturated carbocycles. The second-order valence-electron chi connectivity index (χ2n) is 7.30. The number of hydrogen-bond acceptors (Lipinski definition) is 11. The molecule has 0 aromatic heterocycles. The molecule has 166 valence electrons. The van der Waals surface area contributed by atoms with Crippen molar-refractivity contribution in [3.63, 3.8) is 0 Å². The summed E-state index contributed by atoms with van der Waals surface area (Å²) < 4.78 is 16.6. The molecule has 2 aromatic rings. The molecular weight excluding hydrogens is 416 g/mol. The largest absolute Gasteiger partial charge is 0.508 e. The van der Waals surface area contributed by atoms with E-state index in [1.165, 1.54) is 6.07 Å². The number of phenolic OH excluding ortho intramolecular Hbond substituents is 4. The van der Waals surface area contributed by atoms with E-state index < -0.39 is 59.8 Å². The van der Waals surface area contributed by atoms with Crippen LogP contribution in [-0.2, 0) is 9.47 Å². The van der Waals surface area contributed by atoms with Gasteiger partial charge in [0.15, 0.2) is 30.0 Å². The molecule has 2 aromatic carbocycles. The lowest BCUT2D eigenvalue weighted by atomic mass is 9.92. The van der Waals surface area contributed by atoms with Gasteiger partial charge in [-0.15, -0.1) is 0 Å². The zero-order chi connectivity index (χ0) is 22.4. The molecule has 0 amide bonds. The van der Waals surface area contributed by atoms with Crippen molar-refractivity contribution in [2.24, 2.45) is 0 Å². The second kappa shape index (κ2) is 7.87. The Kier molecular flexibility index (Phi) is 5.37. The van der Waals surface area contributed by atoms with Gasteiger partial charge in [0.1, 0.15) is 41.1 Å². The Balaban J connectivity index is 1.74. The molecule has 31 heavy (non-hydrogen) atoms. The summed E-state index contributed by atoms with van der Waals surface area (Å²) in [6, 6.07) is 5.71. The number of aliphatic hydroxyl groups is 3. The first-order valence-electron chi connectivity index (χ1n) is 9.27. The van der Waals surface area contributed by atoms with E-state index in [1.54, 1.807) is 0 Å².